The Balaban J connectivity index is 2.64. The van der Waals surface area contributed by atoms with Crippen molar-refractivity contribution in [2.75, 3.05) is 11.9 Å². The molecule has 0 bridgehead atoms. The highest BCUT2D eigenvalue weighted by atomic mass is 79.9. The van der Waals surface area contributed by atoms with Gasteiger partial charge in [-0.05, 0) is 34.8 Å². The summed E-state index contributed by atoms with van der Waals surface area (Å²) in [6.45, 7) is 0.437. The van der Waals surface area contributed by atoms with Crippen molar-refractivity contribution in [3.8, 4) is 0 Å². The van der Waals surface area contributed by atoms with Gasteiger partial charge in [-0.2, -0.15) is 0 Å². The average molecular weight is 334 g/mol. The second kappa shape index (κ2) is 7.03. The molecule has 1 amide bonds. The quantitative estimate of drug-likeness (QED) is 0.455. The van der Waals surface area contributed by atoms with Crippen molar-refractivity contribution in [2.24, 2.45) is 5.73 Å². The van der Waals surface area contributed by atoms with Crippen molar-refractivity contribution in [3.05, 3.63) is 32.5 Å². The van der Waals surface area contributed by atoms with Crippen LogP contribution in [0.1, 0.15) is 19.3 Å². The first-order valence-electron chi connectivity index (χ1n) is 5.57. The maximum Gasteiger partial charge on any atom is 0.295 e. The number of nitro groups is 1. The summed E-state index contributed by atoms with van der Waals surface area (Å²) in [5, 5.41) is 13.6. The Kier molecular flexibility index (Phi) is 5.68. The van der Waals surface area contributed by atoms with Crippen LogP contribution in [0.2, 0.25) is 0 Å². The zero-order valence-corrected chi connectivity index (χ0v) is 11.6. The Morgan fingerprint density at radius 2 is 2.16 bits per heavy atom. The van der Waals surface area contributed by atoms with Crippen molar-refractivity contribution in [1.29, 1.82) is 0 Å². The summed E-state index contributed by atoms with van der Waals surface area (Å²) in [6, 6.07) is 2.18. The van der Waals surface area contributed by atoms with Gasteiger partial charge in [-0.3, -0.25) is 14.9 Å². The zero-order valence-electron chi connectivity index (χ0n) is 9.99. The first kappa shape index (κ1) is 15.4. The molecule has 1 rings (SSSR count). The smallest absolute Gasteiger partial charge is 0.295 e. The highest BCUT2D eigenvalue weighted by Gasteiger charge is 2.17. The van der Waals surface area contributed by atoms with Gasteiger partial charge in [0.2, 0.25) is 5.91 Å². The molecule has 8 heteroatoms. The molecule has 0 aliphatic heterocycles. The third-order valence-corrected chi connectivity index (χ3v) is 3.01. The Bertz CT molecular complexity index is 496. The monoisotopic (exact) mass is 333 g/mol. The lowest BCUT2D eigenvalue weighted by Gasteiger charge is -2.07. The lowest BCUT2D eigenvalue weighted by Crippen LogP contribution is -2.11. The number of halogens is 2. The minimum atomic E-state index is -0.689. The fourth-order valence-electron chi connectivity index (χ4n) is 1.48. The number of primary amides is 1. The van der Waals surface area contributed by atoms with Gasteiger partial charge in [0, 0.05) is 13.0 Å². The fourth-order valence-corrected chi connectivity index (χ4v) is 1.82. The molecular weight excluding hydrogens is 321 g/mol. The van der Waals surface area contributed by atoms with Crippen molar-refractivity contribution in [3.63, 3.8) is 0 Å². The SMILES string of the molecule is NC(=O)CCCCNc1cc(Br)c(F)cc1[N+](=O)[O-]. The second-order valence-corrected chi connectivity index (χ2v) is 4.75. The molecule has 0 atom stereocenters. The van der Waals surface area contributed by atoms with Crippen molar-refractivity contribution < 1.29 is 14.1 Å². The highest BCUT2D eigenvalue weighted by Crippen LogP contribution is 2.30. The highest BCUT2D eigenvalue weighted by molar-refractivity contribution is 9.10. The van der Waals surface area contributed by atoms with E-state index in [0.717, 1.165) is 6.07 Å². The number of unbranched alkanes of at least 4 members (excludes halogenated alkanes) is 1. The molecule has 0 radical (unpaired) electrons. The van der Waals surface area contributed by atoms with Crippen LogP contribution >= 0.6 is 15.9 Å². The summed E-state index contributed by atoms with van der Waals surface area (Å²) in [5.41, 5.74) is 4.90. The van der Waals surface area contributed by atoms with Gasteiger partial charge in [0.25, 0.3) is 5.69 Å². The topological polar surface area (TPSA) is 98.3 Å². The van der Waals surface area contributed by atoms with Gasteiger partial charge in [0.1, 0.15) is 11.5 Å². The van der Waals surface area contributed by atoms with Crippen LogP contribution in [0, 0.1) is 15.9 Å². The maximum atomic E-state index is 13.2. The lowest BCUT2D eigenvalue weighted by molar-refractivity contribution is -0.384. The molecule has 0 unspecified atom stereocenters. The van der Waals surface area contributed by atoms with E-state index < -0.39 is 10.7 Å². The molecule has 0 aliphatic rings. The first-order chi connectivity index (χ1) is 8.91. The van der Waals surface area contributed by atoms with E-state index >= 15 is 0 Å². The molecular formula is C11H13BrFN3O3. The third-order valence-electron chi connectivity index (χ3n) is 2.40. The summed E-state index contributed by atoms with van der Waals surface area (Å²) in [6.07, 6.45) is 1.50. The number of nitro benzene ring substituents is 1. The molecule has 0 saturated heterocycles. The molecule has 0 aliphatic carbocycles. The normalized spacial score (nSPS) is 10.2. The Morgan fingerprint density at radius 3 is 2.74 bits per heavy atom. The van der Waals surface area contributed by atoms with E-state index in [1.807, 2.05) is 0 Å². The molecule has 19 heavy (non-hydrogen) atoms. The summed E-state index contributed by atoms with van der Waals surface area (Å²) in [7, 11) is 0. The molecule has 0 saturated carbocycles. The van der Waals surface area contributed by atoms with E-state index in [2.05, 4.69) is 21.2 Å². The number of anilines is 1. The predicted molar refractivity (Wildman–Crippen MR) is 72.3 cm³/mol. The fraction of sp³-hybridized carbons (Fsp3) is 0.364. The van der Waals surface area contributed by atoms with Crippen LogP contribution in [0.15, 0.2) is 16.6 Å². The van der Waals surface area contributed by atoms with Gasteiger partial charge >= 0.3 is 0 Å². The number of hydrogen-bond acceptors (Lipinski definition) is 4. The zero-order chi connectivity index (χ0) is 14.4. The van der Waals surface area contributed by atoms with E-state index in [0.29, 0.717) is 19.4 Å². The van der Waals surface area contributed by atoms with Crippen LogP contribution in [0.5, 0.6) is 0 Å². The lowest BCUT2D eigenvalue weighted by atomic mass is 10.2. The summed E-state index contributed by atoms with van der Waals surface area (Å²) in [5.74, 6) is -1.07. The van der Waals surface area contributed by atoms with Gasteiger partial charge in [0.15, 0.2) is 0 Å². The van der Waals surface area contributed by atoms with Crippen LogP contribution in [0.4, 0.5) is 15.8 Å². The summed E-state index contributed by atoms with van der Waals surface area (Å²) >= 11 is 2.97. The number of carbonyl (C=O) groups is 1. The molecule has 1 aromatic carbocycles. The van der Waals surface area contributed by atoms with Gasteiger partial charge in [-0.25, -0.2) is 4.39 Å². The molecule has 0 aromatic heterocycles. The molecule has 1 aromatic rings. The van der Waals surface area contributed by atoms with Crippen molar-refractivity contribution in [1.82, 2.24) is 0 Å². The minimum absolute atomic E-state index is 0.151. The summed E-state index contributed by atoms with van der Waals surface area (Å²) in [4.78, 5) is 20.7. The maximum absolute atomic E-state index is 13.2. The van der Waals surface area contributed by atoms with Gasteiger partial charge < -0.3 is 11.1 Å². The van der Waals surface area contributed by atoms with E-state index in [4.69, 9.17) is 5.73 Å². The van der Waals surface area contributed by atoms with Crippen molar-refractivity contribution in [2.45, 2.75) is 19.3 Å². The molecule has 0 fully saturated rings. The van der Waals surface area contributed by atoms with E-state index in [-0.39, 0.29) is 28.2 Å². The summed E-state index contributed by atoms with van der Waals surface area (Å²) < 4.78 is 13.4. The van der Waals surface area contributed by atoms with Crippen LogP contribution in [-0.2, 0) is 4.79 Å². The largest absolute Gasteiger partial charge is 0.379 e. The van der Waals surface area contributed by atoms with Crippen LogP contribution in [-0.4, -0.2) is 17.4 Å². The molecule has 0 spiro atoms. The van der Waals surface area contributed by atoms with E-state index in [1.165, 1.54) is 6.07 Å². The number of rotatable bonds is 7. The Hall–Kier alpha value is -1.70. The van der Waals surface area contributed by atoms with E-state index in [1.54, 1.807) is 0 Å². The standard InChI is InChI=1S/C11H13BrFN3O3/c12-7-5-9(10(16(18)19)6-8(7)13)15-4-2-1-3-11(14)17/h5-6,15H,1-4H2,(H2,14,17). The number of nitrogens with zero attached hydrogens (tertiary/aromatic N) is 1. The van der Waals surface area contributed by atoms with Crippen LogP contribution in [0.3, 0.4) is 0 Å². The third kappa shape index (κ3) is 4.82. The number of nitrogens with two attached hydrogens (primary N) is 1. The van der Waals surface area contributed by atoms with Gasteiger partial charge in [0.05, 0.1) is 15.5 Å². The van der Waals surface area contributed by atoms with Gasteiger partial charge in [-0.15, -0.1) is 0 Å². The predicted octanol–water partition coefficient (Wildman–Crippen LogP) is 2.56. The van der Waals surface area contributed by atoms with E-state index in [9.17, 15) is 19.3 Å². The number of hydrogen-bond donors (Lipinski definition) is 2. The van der Waals surface area contributed by atoms with Gasteiger partial charge in [-0.1, -0.05) is 0 Å². The average Bonchev–Trinajstić information content (AvgIpc) is 2.32. The van der Waals surface area contributed by atoms with Crippen molar-refractivity contribution >= 4 is 33.2 Å². The number of amides is 1. The molecule has 0 heterocycles. The minimum Gasteiger partial charge on any atom is -0.379 e. The Morgan fingerprint density at radius 1 is 1.47 bits per heavy atom. The first-order valence-corrected chi connectivity index (χ1v) is 6.36. The van der Waals surface area contributed by atoms with Crippen LogP contribution in [0.25, 0.3) is 0 Å². The number of carbonyl (C=O) groups excluding carboxylic acids is 1. The molecule has 104 valence electrons. The number of benzene rings is 1. The van der Waals surface area contributed by atoms with Crippen LogP contribution < -0.4 is 11.1 Å². The Labute approximate surface area is 117 Å². The second-order valence-electron chi connectivity index (χ2n) is 3.89. The molecule has 3 N–H and O–H groups in total. The molecule has 6 nitrogen and oxygen atoms in total. The number of nitrogens with one attached hydrogen (secondary N) is 1.